The molecule has 1 heterocycles. The normalized spacial score (nSPS) is 10.9. The van der Waals surface area contributed by atoms with Gasteiger partial charge in [0.25, 0.3) is 5.91 Å². The highest BCUT2D eigenvalue weighted by Crippen LogP contribution is 2.26. The van der Waals surface area contributed by atoms with Crippen LogP contribution in [0.5, 0.6) is 0 Å². The van der Waals surface area contributed by atoms with Crippen LogP contribution in [-0.2, 0) is 0 Å². The summed E-state index contributed by atoms with van der Waals surface area (Å²) in [7, 11) is 0. The lowest BCUT2D eigenvalue weighted by atomic mass is 10.1. The molecule has 0 radical (unpaired) electrons. The van der Waals surface area contributed by atoms with Gasteiger partial charge in [-0.1, -0.05) is 38.1 Å². The van der Waals surface area contributed by atoms with E-state index in [1.807, 2.05) is 36.9 Å². The van der Waals surface area contributed by atoms with E-state index in [0.29, 0.717) is 30.0 Å². The van der Waals surface area contributed by atoms with Crippen molar-refractivity contribution in [2.45, 2.75) is 40.5 Å². The molecule has 4 nitrogen and oxygen atoms in total. The number of hydrogen-bond acceptors (Lipinski definition) is 2. The first kappa shape index (κ1) is 20.8. The van der Waals surface area contributed by atoms with E-state index in [1.54, 1.807) is 28.9 Å². The number of benzene rings is 2. The number of hydrogen-bond donors (Lipinski definition) is 0. The molecule has 3 aromatic rings. The highest BCUT2D eigenvalue weighted by molar-refractivity contribution is 5.94. The molecule has 0 aliphatic heterocycles. The van der Waals surface area contributed by atoms with Gasteiger partial charge in [-0.25, -0.2) is 9.07 Å². The summed E-state index contributed by atoms with van der Waals surface area (Å²) < 4.78 is 16.1. The Kier molecular flexibility index (Phi) is 6.47. The van der Waals surface area contributed by atoms with Crippen LogP contribution >= 0.6 is 0 Å². The average Bonchev–Trinajstić information content (AvgIpc) is 3.14. The van der Waals surface area contributed by atoms with Gasteiger partial charge in [-0.3, -0.25) is 4.79 Å². The van der Waals surface area contributed by atoms with Crippen molar-refractivity contribution in [2.24, 2.45) is 0 Å². The molecule has 1 aromatic heterocycles. The molecule has 0 bridgehead atoms. The number of aromatic nitrogens is 2. The van der Waals surface area contributed by atoms with E-state index in [0.717, 1.165) is 29.7 Å². The Labute approximate surface area is 172 Å². The lowest BCUT2D eigenvalue weighted by Gasteiger charge is -2.22. The number of aryl methyl sites for hydroxylation is 2. The first-order valence-corrected chi connectivity index (χ1v) is 10.2. The van der Waals surface area contributed by atoms with Crippen LogP contribution in [0.25, 0.3) is 16.9 Å². The molecule has 0 saturated heterocycles. The fourth-order valence-corrected chi connectivity index (χ4v) is 3.48. The molecule has 3 rings (SSSR count). The number of halogens is 1. The number of carbonyl (C=O) groups is 1. The van der Waals surface area contributed by atoms with Crippen LogP contribution < -0.4 is 0 Å². The molecule has 1 amide bonds. The van der Waals surface area contributed by atoms with Crippen molar-refractivity contribution in [2.75, 3.05) is 13.1 Å². The SMILES string of the molecule is CCCN(CCC)C(=O)c1cc(-c2ccccc2F)nn1-c1cc(C)ccc1C. The van der Waals surface area contributed by atoms with Crippen LogP contribution in [0.1, 0.15) is 48.3 Å². The minimum absolute atomic E-state index is 0.0790. The van der Waals surface area contributed by atoms with Crippen LogP contribution in [-0.4, -0.2) is 33.7 Å². The van der Waals surface area contributed by atoms with E-state index in [-0.39, 0.29) is 11.7 Å². The first-order chi connectivity index (χ1) is 14.0. The standard InChI is InChI=1S/C24H28FN3O/c1-5-13-27(14-6-2)24(29)23-16-21(19-9-7-8-10-20(19)25)26-28(23)22-15-17(3)11-12-18(22)4/h7-12,15-16H,5-6,13-14H2,1-4H3. The van der Waals surface area contributed by atoms with Crippen LogP contribution in [0.3, 0.4) is 0 Å². The van der Waals surface area contributed by atoms with Crippen LogP contribution in [0.2, 0.25) is 0 Å². The summed E-state index contributed by atoms with van der Waals surface area (Å²) in [5, 5.41) is 4.67. The summed E-state index contributed by atoms with van der Waals surface area (Å²) >= 11 is 0. The maximum absolute atomic E-state index is 14.4. The number of rotatable bonds is 7. The summed E-state index contributed by atoms with van der Waals surface area (Å²) in [6, 6.07) is 14.3. The molecule has 0 unspecified atom stereocenters. The van der Waals surface area contributed by atoms with Gasteiger partial charge < -0.3 is 4.90 Å². The van der Waals surface area contributed by atoms with Gasteiger partial charge in [-0.05, 0) is 62.1 Å². The Morgan fingerprint density at radius 3 is 2.38 bits per heavy atom. The van der Waals surface area contributed by atoms with Gasteiger partial charge in [0.2, 0.25) is 0 Å². The van der Waals surface area contributed by atoms with Crippen molar-refractivity contribution < 1.29 is 9.18 Å². The second-order valence-electron chi connectivity index (χ2n) is 7.39. The van der Waals surface area contributed by atoms with Crippen molar-refractivity contribution in [3.8, 4) is 16.9 Å². The fraction of sp³-hybridized carbons (Fsp3) is 0.333. The summed E-state index contributed by atoms with van der Waals surface area (Å²) in [5.74, 6) is -0.430. The maximum Gasteiger partial charge on any atom is 0.272 e. The van der Waals surface area contributed by atoms with Gasteiger partial charge >= 0.3 is 0 Å². The number of nitrogens with zero attached hydrogens (tertiary/aromatic N) is 3. The summed E-state index contributed by atoms with van der Waals surface area (Å²) in [5.41, 5.74) is 4.22. The van der Waals surface area contributed by atoms with Crippen molar-refractivity contribution in [3.63, 3.8) is 0 Å². The summed E-state index contributed by atoms with van der Waals surface area (Å²) in [4.78, 5) is 15.3. The molecule has 0 saturated carbocycles. The van der Waals surface area contributed by atoms with Crippen LogP contribution in [0.4, 0.5) is 4.39 Å². The fourth-order valence-electron chi connectivity index (χ4n) is 3.48. The number of amides is 1. The van der Waals surface area contributed by atoms with E-state index in [2.05, 4.69) is 18.9 Å². The van der Waals surface area contributed by atoms with Crippen molar-refractivity contribution in [1.82, 2.24) is 14.7 Å². The van der Waals surface area contributed by atoms with Gasteiger partial charge in [0.05, 0.1) is 11.4 Å². The van der Waals surface area contributed by atoms with Gasteiger partial charge in [0, 0.05) is 18.7 Å². The highest BCUT2D eigenvalue weighted by atomic mass is 19.1. The van der Waals surface area contributed by atoms with Gasteiger partial charge in [0.1, 0.15) is 11.5 Å². The lowest BCUT2D eigenvalue weighted by Crippen LogP contribution is -2.34. The Balaban J connectivity index is 2.19. The predicted octanol–water partition coefficient (Wildman–Crippen LogP) is 5.56. The Morgan fingerprint density at radius 2 is 1.72 bits per heavy atom. The zero-order valence-corrected chi connectivity index (χ0v) is 17.6. The molecular weight excluding hydrogens is 365 g/mol. The second-order valence-corrected chi connectivity index (χ2v) is 7.39. The van der Waals surface area contributed by atoms with E-state index in [1.165, 1.54) is 6.07 Å². The smallest absolute Gasteiger partial charge is 0.272 e. The molecule has 0 spiro atoms. The predicted molar refractivity (Wildman–Crippen MR) is 115 cm³/mol. The maximum atomic E-state index is 14.4. The van der Waals surface area contributed by atoms with E-state index in [9.17, 15) is 9.18 Å². The third-order valence-corrected chi connectivity index (χ3v) is 4.95. The van der Waals surface area contributed by atoms with Crippen LogP contribution in [0.15, 0.2) is 48.5 Å². The zero-order chi connectivity index (χ0) is 21.0. The number of carbonyl (C=O) groups excluding carboxylic acids is 1. The highest BCUT2D eigenvalue weighted by Gasteiger charge is 2.23. The molecule has 0 N–H and O–H groups in total. The van der Waals surface area contributed by atoms with Gasteiger partial charge in [-0.15, -0.1) is 0 Å². The largest absolute Gasteiger partial charge is 0.337 e. The van der Waals surface area contributed by atoms with E-state index >= 15 is 0 Å². The van der Waals surface area contributed by atoms with Gasteiger partial charge in [-0.2, -0.15) is 5.10 Å². The Bertz CT molecular complexity index is 1000. The second kappa shape index (κ2) is 9.03. The minimum Gasteiger partial charge on any atom is -0.337 e. The van der Waals surface area contributed by atoms with Crippen molar-refractivity contribution in [3.05, 3.63) is 71.2 Å². The van der Waals surface area contributed by atoms with Crippen LogP contribution in [0, 0.1) is 19.7 Å². The molecule has 29 heavy (non-hydrogen) atoms. The molecule has 0 aliphatic carbocycles. The quantitative estimate of drug-likeness (QED) is 0.527. The molecule has 0 atom stereocenters. The van der Waals surface area contributed by atoms with Crippen molar-refractivity contribution >= 4 is 5.91 Å². The first-order valence-electron chi connectivity index (χ1n) is 10.2. The molecule has 0 aliphatic rings. The monoisotopic (exact) mass is 393 g/mol. The molecular formula is C24H28FN3O. The minimum atomic E-state index is -0.351. The lowest BCUT2D eigenvalue weighted by molar-refractivity contribution is 0.0746. The average molecular weight is 394 g/mol. The van der Waals surface area contributed by atoms with Gasteiger partial charge in [0.15, 0.2) is 0 Å². The molecule has 5 heteroatoms. The van der Waals surface area contributed by atoms with E-state index in [4.69, 9.17) is 0 Å². The molecule has 152 valence electrons. The third kappa shape index (κ3) is 4.39. The third-order valence-electron chi connectivity index (χ3n) is 4.95. The summed E-state index contributed by atoms with van der Waals surface area (Å²) in [6.07, 6.45) is 1.76. The zero-order valence-electron chi connectivity index (χ0n) is 17.6. The molecule has 2 aromatic carbocycles. The summed E-state index contributed by atoms with van der Waals surface area (Å²) in [6.45, 7) is 9.47. The Morgan fingerprint density at radius 1 is 1.03 bits per heavy atom. The topological polar surface area (TPSA) is 38.1 Å². The molecule has 0 fully saturated rings. The van der Waals surface area contributed by atoms with Crippen molar-refractivity contribution in [1.29, 1.82) is 0 Å². The Hall–Kier alpha value is -2.95. The van der Waals surface area contributed by atoms with E-state index < -0.39 is 0 Å².